The van der Waals surface area contributed by atoms with Crippen molar-refractivity contribution in [1.82, 2.24) is 5.32 Å². The van der Waals surface area contributed by atoms with Gasteiger partial charge in [0.15, 0.2) is 6.61 Å². The van der Waals surface area contributed by atoms with E-state index in [9.17, 15) is 14.0 Å². The van der Waals surface area contributed by atoms with Crippen LogP contribution in [-0.2, 0) is 4.79 Å². The molecule has 0 atom stereocenters. The zero-order valence-corrected chi connectivity index (χ0v) is 17.4. The van der Waals surface area contributed by atoms with Crippen molar-refractivity contribution in [3.63, 3.8) is 0 Å². The second-order valence-corrected chi connectivity index (χ2v) is 9.46. The van der Waals surface area contributed by atoms with Gasteiger partial charge in [0, 0.05) is 5.54 Å². The van der Waals surface area contributed by atoms with E-state index in [2.05, 4.69) is 10.6 Å². The summed E-state index contributed by atoms with van der Waals surface area (Å²) in [5.74, 6) is 1.42. The Hall–Kier alpha value is -2.89. The molecule has 6 rings (SSSR count). The summed E-state index contributed by atoms with van der Waals surface area (Å²) in [4.78, 5) is 25.4. The summed E-state index contributed by atoms with van der Waals surface area (Å²) in [7, 11) is 0. The molecule has 4 fully saturated rings. The van der Waals surface area contributed by atoms with Gasteiger partial charge in [-0.25, -0.2) is 4.39 Å². The normalized spacial score (nSPS) is 28.2. The molecular formula is C25H27FN2O3. The summed E-state index contributed by atoms with van der Waals surface area (Å²) >= 11 is 0. The molecule has 0 heterocycles. The topological polar surface area (TPSA) is 67.4 Å². The van der Waals surface area contributed by atoms with Crippen LogP contribution in [0.5, 0.6) is 5.75 Å². The van der Waals surface area contributed by atoms with Crippen LogP contribution in [0.15, 0.2) is 48.5 Å². The molecule has 4 aliphatic carbocycles. The van der Waals surface area contributed by atoms with E-state index in [1.54, 1.807) is 36.4 Å². The first-order valence-electron chi connectivity index (χ1n) is 11.1. The van der Waals surface area contributed by atoms with Gasteiger partial charge in [0.05, 0.1) is 11.3 Å². The number of nitrogens with one attached hydrogen (secondary N) is 2. The number of rotatable bonds is 6. The minimum atomic E-state index is -0.508. The second-order valence-electron chi connectivity index (χ2n) is 9.46. The van der Waals surface area contributed by atoms with Gasteiger partial charge < -0.3 is 15.4 Å². The van der Waals surface area contributed by atoms with Gasteiger partial charge in [-0.15, -0.1) is 0 Å². The number of carbonyl (C=O) groups excluding carboxylic acids is 2. The zero-order valence-electron chi connectivity index (χ0n) is 17.4. The summed E-state index contributed by atoms with van der Waals surface area (Å²) in [6.07, 6.45) is 7.14. The van der Waals surface area contributed by atoms with Crippen molar-refractivity contribution >= 4 is 17.5 Å². The zero-order chi connectivity index (χ0) is 21.4. The number of anilines is 1. The van der Waals surface area contributed by atoms with Gasteiger partial charge in [0.25, 0.3) is 11.8 Å². The Kier molecular flexibility index (Phi) is 5.16. The van der Waals surface area contributed by atoms with Gasteiger partial charge in [-0.1, -0.05) is 24.3 Å². The molecule has 2 amide bonds. The molecule has 0 aliphatic heterocycles. The minimum Gasteiger partial charge on any atom is -0.483 e. The van der Waals surface area contributed by atoms with E-state index >= 15 is 0 Å². The average molecular weight is 423 g/mol. The number of ether oxygens (including phenoxy) is 1. The van der Waals surface area contributed by atoms with Crippen LogP contribution in [0.25, 0.3) is 0 Å². The molecule has 4 saturated carbocycles. The molecule has 0 saturated heterocycles. The predicted octanol–water partition coefficient (Wildman–Crippen LogP) is 4.54. The Morgan fingerprint density at radius 3 is 2.23 bits per heavy atom. The fourth-order valence-corrected chi connectivity index (χ4v) is 6.24. The number of benzene rings is 2. The number of hydrogen-bond acceptors (Lipinski definition) is 3. The van der Waals surface area contributed by atoms with Crippen molar-refractivity contribution in [3.8, 4) is 5.75 Å². The van der Waals surface area contributed by atoms with E-state index in [-0.39, 0.29) is 23.7 Å². The van der Waals surface area contributed by atoms with Gasteiger partial charge in [-0.05, 0) is 80.5 Å². The van der Waals surface area contributed by atoms with Gasteiger partial charge in [-0.2, -0.15) is 0 Å². The van der Waals surface area contributed by atoms with Crippen LogP contribution >= 0.6 is 0 Å². The Bertz CT molecular complexity index is 970. The van der Waals surface area contributed by atoms with Crippen molar-refractivity contribution in [3.05, 3.63) is 59.9 Å². The van der Waals surface area contributed by atoms with Crippen LogP contribution in [0.1, 0.15) is 48.9 Å². The molecule has 2 aromatic carbocycles. The molecule has 5 nitrogen and oxygen atoms in total. The molecule has 2 N–H and O–H groups in total. The van der Waals surface area contributed by atoms with E-state index < -0.39 is 11.7 Å². The number of halogens is 1. The number of para-hydroxylation sites is 2. The molecule has 31 heavy (non-hydrogen) atoms. The summed E-state index contributed by atoms with van der Waals surface area (Å²) < 4.78 is 19.4. The smallest absolute Gasteiger partial charge is 0.262 e. The summed E-state index contributed by atoms with van der Waals surface area (Å²) in [5.41, 5.74) is 0.433. The molecular weight excluding hydrogens is 395 g/mol. The molecule has 6 heteroatoms. The summed E-state index contributed by atoms with van der Waals surface area (Å²) in [6, 6.07) is 12.9. The highest BCUT2D eigenvalue weighted by Crippen LogP contribution is 2.55. The fraction of sp³-hybridized carbons (Fsp3) is 0.440. The first-order valence-corrected chi connectivity index (χ1v) is 11.1. The monoisotopic (exact) mass is 422 g/mol. The van der Waals surface area contributed by atoms with E-state index in [0.29, 0.717) is 11.3 Å². The molecule has 0 spiro atoms. The van der Waals surface area contributed by atoms with Crippen molar-refractivity contribution < 1.29 is 18.7 Å². The lowest BCUT2D eigenvalue weighted by molar-refractivity contribution is -0.118. The number of carbonyl (C=O) groups is 2. The Morgan fingerprint density at radius 1 is 0.935 bits per heavy atom. The third-order valence-corrected chi connectivity index (χ3v) is 7.06. The Morgan fingerprint density at radius 2 is 1.55 bits per heavy atom. The summed E-state index contributed by atoms with van der Waals surface area (Å²) in [6.45, 7) is -0.310. The van der Waals surface area contributed by atoms with E-state index in [1.165, 1.54) is 31.4 Å². The van der Waals surface area contributed by atoms with Gasteiger partial charge in [0.2, 0.25) is 0 Å². The van der Waals surface area contributed by atoms with Gasteiger partial charge in [0.1, 0.15) is 11.6 Å². The lowest BCUT2D eigenvalue weighted by atomic mass is 9.53. The number of hydrogen-bond donors (Lipinski definition) is 2. The third kappa shape index (κ3) is 4.16. The minimum absolute atomic E-state index is 0.0961. The third-order valence-electron chi connectivity index (χ3n) is 7.06. The second kappa shape index (κ2) is 7.98. The molecule has 162 valence electrons. The first kappa shape index (κ1) is 20.0. The highest BCUT2D eigenvalue weighted by atomic mass is 19.1. The maximum Gasteiger partial charge on any atom is 0.262 e. The maximum absolute atomic E-state index is 13.7. The van der Waals surface area contributed by atoms with Crippen LogP contribution in [0.3, 0.4) is 0 Å². The number of amides is 2. The van der Waals surface area contributed by atoms with Crippen molar-refractivity contribution in [2.75, 3.05) is 11.9 Å². The van der Waals surface area contributed by atoms with Crippen LogP contribution in [0.4, 0.5) is 10.1 Å². The van der Waals surface area contributed by atoms with E-state index in [0.717, 1.165) is 37.0 Å². The first-order chi connectivity index (χ1) is 15.0. The van der Waals surface area contributed by atoms with E-state index in [4.69, 9.17) is 4.74 Å². The van der Waals surface area contributed by atoms with Crippen molar-refractivity contribution in [2.45, 2.75) is 44.1 Å². The molecule has 4 bridgehead atoms. The Labute approximate surface area is 181 Å². The molecule has 4 aliphatic rings. The van der Waals surface area contributed by atoms with Crippen LogP contribution in [0.2, 0.25) is 0 Å². The van der Waals surface area contributed by atoms with Gasteiger partial charge in [-0.3, -0.25) is 9.59 Å². The SMILES string of the molecule is O=C(COc1ccccc1C(=O)NC12CC3CC(CC(C3)C1)C2)Nc1ccccc1F. The average Bonchev–Trinajstić information content (AvgIpc) is 2.73. The molecule has 0 radical (unpaired) electrons. The largest absolute Gasteiger partial charge is 0.483 e. The maximum atomic E-state index is 13.7. The van der Waals surface area contributed by atoms with Crippen LogP contribution < -0.4 is 15.4 Å². The lowest BCUT2D eigenvalue weighted by Gasteiger charge is -2.56. The molecule has 0 aromatic heterocycles. The summed E-state index contributed by atoms with van der Waals surface area (Å²) in [5, 5.41) is 5.84. The van der Waals surface area contributed by atoms with E-state index in [1.807, 2.05) is 0 Å². The highest BCUT2D eigenvalue weighted by Gasteiger charge is 2.51. The fourth-order valence-electron chi connectivity index (χ4n) is 6.24. The van der Waals surface area contributed by atoms with Gasteiger partial charge >= 0.3 is 0 Å². The lowest BCUT2D eigenvalue weighted by Crippen LogP contribution is -2.59. The van der Waals surface area contributed by atoms with Crippen molar-refractivity contribution in [1.29, 1.82) is 0 Å². The standard InChI is InChI=1S/C25H27FN2O3/c26-20-6-2-3-7-21(20)27-23(29)15-31-22-8-4-1-5-19(22)24(30)28-25-12-16-9-17(13-25)11-18(10-16)14-25/h1-8,16-18H,9-15H2,(H,27,29)(H,28,30). The van der Waals surface area contributed by atoms with Crippen molar-refractivity contribution in [2.24, 2.45) is 17.8 Å². The highest BCUT2D eigenvalue weighted by molar-refractivity contribution is 5.98. The Balaban J connectivity index is 1.24. The quantitative estimate of drug-likeness (QED) is 0.718. The molecule has 0 unspecified atom stereocenters. The molecule has 2 aromatic rings. The van der Waals surface area contributed by atoms with Crippen LogP contribution in [-0.4, -0.2) is 24.0 Å². The predicted molar refractivity (Wildman–Crippen MR) is 115 cm³/mol. The van der Waals surface area contributed by atoms with Crippen LogP contribution in [0, 0.1) is 23.6 Å².